The normalized spacial score (nSPS) is 37.9. The van der Waals surface area contributed by atoms with Gasteiger partial charge in [-0.15, -0.1) is 0 Å². The summed E-state index contributed by atoms with van der Waals surface area (Å²) < 4.78 is 4.89. The summed E-state index contributed by atoms with van der Waals surface area (Å²) in [7, 11) is 0. The molecule has 0 aromatic heterocycles. The molecule has 2 N–H and O–H groups in total. The topological polar surface area (TPSA) is 52.3 Å². The van der Waals surface area contributed by atoms with Crippen molar-refractivity contribution in [2.75, 3.05) is 6.61 Å². The first kappa shape index (κ1) is 10.5. The SMILES string of the molecule is C/C1=C/CC[C@@H]2[C@H](CC1)[C@@H]2COC(N)=O. The van der Waals surface area contributed by atoms with Gasteiger partial charge in [0.1, 0.15) is 0 Å². The lowest BCUT2D eigenvalue weighted by Crippen LogP contribution is -2.15. The van der Waals surface area contributed by atoms with Crippen LogP contribution < -0.4 is 5.73 Å². The molecule has 2 aliphatic carbocycles. The number of hydrogen-bond donors (Lipinski definition) is 1. The maximum atomic E-state index is 10.5. The number of carbonyl (C=O) groups is 1. The van der Waals surface area contributed by atoms with E-state index in [9.17, 15) is 4.79 Å². The van der Waals surface area contributed by atoms with Crippen LogP contribution in [0.1, 0.15) is 32.6 Å². The van der Waals surface area contributed by atoms with Gasteiger partial charge >= 0.3 is 6.09 Å². The zero-order valence-electron chi connectivity index (χ0n) is 9.24. The van der Waals surface area contributed by atoms with E-state index in [1.807, 2.05) is 0 Å². The van der Waals surface area contributed by atoms with Crippen LogP contribution in [0.15, 0.2) is 11.6 Å². The van der Waals surface area contributed by atoms with E-state index in [1.165, 1.54) is 31.3 Å². The van der Waals surface area contributed by atoms with Crippen molar-refractivity contribution >= 4 is 6.09 Å². The van der Waals surface area contributed by atoms with E-state index in [0.717, 1.165) is 11.8 Å². The summed E-state index contributed by atoms with van der Waals surface area (Å²) in [5, 5.41) is 0. The Morgan fingerprint density at radius 3 is 3.00 bits per heavy atom. The largest absolute Gasteiger partial charge is 0.449 e. The fraction of sp³-hybridized carbons (Fsp3) is 0.750. The Kier molecular flexibility index (Phi) is 2.98. The Morgan fingerprint density at radius 1 is 1.53 bits per heavy atom. The fourth-order valence-electron chi connectivity index (χ4n) is 2.82. The molecule has 0 heterocycles. The number of carbonyl (C=O) groups excluding carboxylic acids is 1. The molecule has 0 bridgehead atoms. The van der Waals surface area contributed by atoms with Crippen LogP contribution >= 0.6 is 0 Å². The molecule has 0 aliphatic heterocycles. The van der Waals surface area contributed by atoms with E-state index >= 15 is 0 Å². The van der Waals surface area contributed by atoms with Gasteiger partial charge in [0.05, 0.1) is 6.61 Å². The number of amides is 1. The van der Waals surface area contributed by atoms with Gasteiger partial charge in [0.25, 0.3) is 0 Å². The smallest absolute Gasteiger partial charge is 0.404 e. The Hall–Kier alpha value is -0.990. The lowest BCUT2D eigenvalue weighted by Gasteiger charge is -2.05. The van der Waals surface area contributed by atoms with Crippen LogP contribution in [-0.2, 0) is 4.74 Å². The molecule has 0 aromatic rings. The predicted octanol–water partition coefficient (Wildman–Crippen LogP) is 2.46. The van der Waals surface area contributed by atoms with E-state index in [4.69, 9.17) is 10.5 Å². The van der Waals surface area contributed by atoms with E-state index in [0.29, 0.717) is 12.5 Å². The number of primary amides is 1. The molecule has 3 heteroatoms. The highest BCUT2D eigenvalue weighted by atomic mass is 16.5. The van der Waals surface area contributed by atoms with Crippen LogP contribution in [0.2, 0.25) is 0 Å². The number of allylic oxidation sites excluding steroid dienone is 2. The molecule has 2 aliphatic rings. The summed E-state index contributed by atoms with van der Waals surface area (Å²) in [6.07, 6.45) is 6.59. The third kappa shape index (κ3) is 2.52. The van der Waals surface area contributed by atoms with E-state index in [1.54, 1.807) is 0 Å². The molecule has 0 saturated heterocycles. The Balaban J connectivity index is 1.81. The lowest BCUT2D eigenvalue weighted by atomic mass is 10.0. The van der Waals surface area contributed by atoms with Crippen LogP contribution in [0.3, 0.4) is 0 Å². The van der Waals surface area contributed by atoms with Crippen molar-refractivity contribution in [3.8, 4) is 0 Å². The Morgan fingerprint density at radius 2 is 2.27 bits per heavy atom. The highest BCUT2D eigenvalue weighted by Gasteiger charge is 2.49. The van der Waals surface area contributed by atoms with Gasteiger partial charge in [-0.05, 0) is 50.4 Å². The minimum atomic E-state index is -0.636. The number of hydrogen-bond acceptors (Lipinski definition) is 2. The van der Waals surface area contributed by atoms with Crippen LogP contribution in [0.4, 0.5) is 4.79 Å². The van der Waals surface area contributed by atoms with Crippen LogP contribution in [-0.4, -0.2) is 12.7 Å². The second kappa shape index (κ2) is 4.25. The zero-order valence-corrected chi connectivity index (χ0v) is 9.24. The van der Waals surface area contributed by atoms with Crippen molar-refractivity contribution in [1.82, 2.24) is 0 Å². The molecule has 3 atom stereocenters. The number of fused-ring (bicyclic) bond motifs is 1. The molecule has 0 unspecified atom stereocenters. The number of rotatable bonds is 2. The predicted molar refractivity (Wildman–Crippen MR) is 58.2 cm³/mol. The van der Waals surface area contributed by atoms with Gasteiger partial charge in [0, 0.05) is 0 Å². The summed E-state index contributed by atoms with van der Waals surface area (Å²) in [6, 6.07) is 0. The third-order valence-corrected chi connectivity index (χ3v) is 3.79. The van der Waals surface area contributed by atoms with Crippen LogP contribution in [0.25, 0.3) is 0 Å². The molecular weight excluding hydrogens is 190 g/mol. The first-order chi connectivity index (χ1) is 7.18. The van der Waals surface area contributed by atoms with Crippen LogP contribution in [0.5, 0.6) is 0 Å². The first-order valence-corrected chi connectivity index (χ1v) is 5.76. The van der Waals surface area contributed by atoms with Gasteiger partial charge < -0.3 is 10.5 Å². The molecule has 0 spiro atoms. The van der Waals surface area contributed by atoms with Gasteiger partial charge in [-0.3, -0.25) is 0 Å². The summed E-state index contributed by atoms with van der Waals surface area (Å²) >= 11 is 0. The molecule has 3 nitrogen and oxygen atoms in total. The first-order valence-electron chi connectivity index (χ1n) is 5.76. The highest BCUT2D eigenvalue weighted by molar-refractivity contribution is 5.64. The lowest BCUT2D eigenvalue weighted by molar-refractivity contribution is 0.147. The minimum absolute atomic E-state index is 0.531. The van der Waals surface area contributed by atoms with Crippen LogP contribution in [0, 0.1) is 17.8 Å². The third-order valence-electron chi connectivity index (χ3n) is 3.79. The second-order valence-electron chi connectivity index (χ2n) is 4.79. The zero-order chi connectivity index (χ0) is 10.8. The number of nitrogens with two attached hydrogens (primary N) is 1. The summed E-state index contributed by atoms with van der Waals surface area (Å²) in [6.45, 7) is 2.74. The molecule has 1 fully saturated rings. The minimum Gasteiger partial charge on any atom is -0.449 e. The monoisotopic (exact) mass is 209 g/mol. The molecule has 2 rings (SSSR count). The molecular formula is C12H19NO2. The average molecular weight is 209 g/mol. The summed E-state index contributed by atoms with van der Waals surface area (Å²) in [4.78, 5) is 10.5. The molecule has 0 radical (unpaired) electrons. The Labute approximate surface area is 90.7 Å². The van der Waals surface area contributed by atoms with Gasteiger partial charge in [0.2, 0.25) is 0 Å². The molecule has 1 saturated carbocycles. The summed E-state index contributed by atoms with van der Waals surface area (Å²) in [5.41, 5.74) is 6.48. The van der Waals surface area contributed by atoms with Gasteiger partial charge in [-0.25, -0.2) is 4.79 Å². The fourth-order valence-corrected chi connectivity index (χ4v) is 2.82. The van der Waals surface area contributed by atoms with Crippen molar-refractivity contribution in [1.29, 1.82) is 0 Å². The Bertz CT molecular complexity index is 285. The van der Waals surface area contributed by atoms with Gasteiger partial charge in [-0.1, -0.05) is 11.6 Å². The van der Waals surface area contributed by atoms with Crippen molar-refractivity contribution in [2.24, 2.45) is 23.5 Å². The maximum Gasteiger partial charge on any atom is 0.404 e. The maximum absolute atomic E-state index is 10.5. The molecule has 1 amide bonds. The second-order valence-corrected chi connectivity index (χ2v) is 4.79. The summed E-state index contributed by atoms with van der Waals surface area (Å²) in [5.74, 6) is 2.12. The van der Waals surface area contributed by atoms with E-state index in [2.05, 4.69) is 13.0 Å². The van der Waals surface area contributed by atoms with Gasteiger partial charge in [-0.2, -0.15) is 0 Å². The van der Waals surface area contributed by atoms with Crippen molar-refractivity contribution in [2.45, 2.75) is 32.6 Å². The van der Waals surface area contributed by atoms with E-state index in [-0.39, 0.29) is 0 Å². The van der Waals surface area contributed by atoms with E-state index < -0.39 is 6.09 Å². The van der Waals surface area contributed by atoms with Crippen molar-refractivity contribution < 1.29 is 9.53 Å². The standard InChI is InChI=1S/C12H19NO2/c1-8-3-2-4-9-10(6-5-8)11(9)7-15-12(13)14/h3,9-11H,2,4-7H2,1H3,(H2,13,14)/b8-3-/t9-,10+,11-/m1/s1. The van der Waals surface area contributed by atoms with Crippen molar-refractivity contribution in [3.05, 3.63) is 11.6 Å². The average Bonchev–Trinajstić information content (AvgIpc) is 2.80. The van der Waals surface area contributed by atoms with Crippen molar-refractivity contribution in [3.63, 3.8) is 0 Å². The number of ether oxygens (including phenoxy) is 1. The van der Waals surface area contributed by atoms with Gasteiger partial charge in [0.15, 0.2) is 0 Å². The molecule has 15 heavy (non-hydrogen) atoms. The quantitative estimate of drug-likeness (QED) is 0.710. The molecule has 0 aromatic carbocycles. The molecule has 84 valence electrons. The highest BCUT2D eigenvalue weighted by Crippen LogP contribution is 2.53.